The maximum absolute atomic E-state index is 5.83. The molecule has 102 valence electrons. The Bertz CT molecular complexity index is 717. The monoisotopic (exact) mass is 268 g/mol. The topological polar surface area (TPSA) is 47.3 Å². The fourth-order valence-corrected chi connectivity index (χ4v) is 2.14. The van der Waals surface area contributed by atoms with Gasteiger partial charge in [0.2, 0.25) is 5.89 Å². The van der Waals surface area contributed by atoms with Crippen molar-refractivity contribution in [2.24, 2.45) is 0 Å². The summed E-state index contributed by atoms with van der Waals surface area (Å²) in [5.74, 6) is 1.45. The predicted octanol–water partition coefficient (Wildman–Crippen LogP) is 3.22. The molecule has 0 aliphatic carbocycles. The van der Waals surface area contributed by atoms with Crippen molar-refractivity contribution >= 4 is 11.1 Å². The Kier molecular flexibility index (Phi) is 3.39. The van der Waals surface area contributed by atoms with Crippen molar-refractivity contribution in [2.75, 3.05) is 14.2 Å². The van der Waals surface area contributed by atoms with Crippen LogP contribution in [0.2, 0.25) is 0 Å². The third kappa shape index (κ3) is 2.38. The zero-order chi connectivity index (χ0) is 13.9. The second kappa shape index (κ2) is 5.35. The average molecular weight is 268 g/mol. The van der Waals surface area contributed by atoms with E-state index in [1.165, 1.54) is 5.56 Å². The molecule has 1 N–H and O–H groups in total. The second-order valence-electron chi connectivity index (χ2n) is 4.58. The summed E-state index contributed by atoms with van der Waals surface area (Å²) in [5, 5.41) is 3.12. The number of hydrogen-bond acceptors (Lipinski definition) is 4. The van der Waals surface area contributed by atoms with Crippen LogP contribution in [0.4, 0.5) is 0 Å². The first-order valence-corrected chi connectivity index (χ1v) is 6.48. The van der Waals surface area contributed by atoms with Gasteiger partial charge >= 0.3 is 0 Å². The molecule has 3 rings (SSSR count). The standard InChI is InChI=1S/C16H16N2O2/c1-17-10-11-3-8-14-15(9-11)20-16(18-14)12-4-6-13(19-2)7-5-12/h3-9,17H,10H2,1-2H3. The second-order valence-corrected chi connectivity index (χ2v) is 4.58. The Morgan fingerprint density at radius 3 is 2.65 bits per heavy atom. The molecule has 0 atom stereocenters. The zero-order valence-electron chi connectivity index (χ0n) is 11.5. The summed E-state index contributed by atoms with van der Waals surface area (Å²) in [4.78, 5) is 4.51. The summed E-state index contributed by atoms with van der Waals surface area (Å²) in [6.07, 6.45) is 0. The molecular formula is C16H16N2O2. The molecule has 0 saturated carbocycles. The van der Waals surface area contributed by atoms with Gasteiger partial charge in [-0.05, 0) is 49.0 Å². The van der Waals surface area contributed by atoms with Crippen molar-refractivity contribution in [2.45, 2.75) is 6.54 Å². The molecule has 20 heavy (non-hydrogen) atoms. The van der Waals surface area contributed by atoms with Gasteiger partial charge in [-0.25, -0.2) is 4.98 Å². The van der Waals surface area contributed by atoms with Crippen LogP contribution in [0.5, 0.6) is 5.75 Å². The van der Waals surface area contributed by atoms with Crippen LogP contribution in [0.25, 0.3) is 22.6 Å². The molecule has 0 amide bonds. The lowest BCUT2D eigenvalue weighted by Crippen LogP contribution is -2.04. The molecule has 0 radical (unpaired) electrons. The van der Waals surface area contributed by atoms with Crippen LogP contribution in [-0.4, -0.2) is 19.1 Å². The van der Waals surface area contributed by atoms with E-state index in [1.54, 1.807) is 7.11 Å². The van der Waals surface area contributed by atoms with E-state index in [-0.39, 0.29) is 0 Å². The lowest BCUT2D eigenvalue weighted by Gasteiger charge is -1.99. The van der Waals surface area contributed by atoms with Crippen molar-refractivity contribution in [1.29, 1.82) is 0 Å². The molecule has 1 aromatic heterocycles. The van der Waals surface area contributed by atoms with E-state index in [9.17, 15) is 0 Å². The summed E-state index contributed by atoms with van der Waals surface area (Å²) in [5.41, 5.74) is 3.80. The van der Waals surface area contributed by atoms with Crippen LogP contribution >= 0.6 is 0 Å². The highest BCUT2D eigenvalue weighted by molar-refractivity contribution is 5.77. The predicted molar refractivity (Wildman–Crippen MR) is 78.8 cm³/mol. The first kappa shape index (κ1) is 12.7. The van der Waals surface area contributed by atoms with Crippen molar-refractivity contribution in [3.8, 4) is 17.2 Å². The van der Waals surface area contributed by atoms with Gasteiger partial charge in [-0.3, -0.25) is 0 Å². The first-order chi connectivity index (χ1) is 9.80. The van der Waals surface area contributed by atoms with Crippen LogP contribution in [0, 0.1) is 0 Å². The minimum absolute atomic E-state index is 0.629. The third-order valence-corrected chi connectivity index (χ3v) is 3.17. The maximum Gasteiger partial charge on any atom is 0.227 e. The Hall–Kier alpha value is -2.33. The Balaban J connectivity index is 1.98. The van der Waals surface area contributed by atoms with Crippen LogP contribution in [0.3, 0.4) is 0 Å². The molecule has 4 nitrogen and oxygen atoms in total. The van der Waals surface area contributed by atoms with Gasteiger partial charge in [-0.1, -0.05) is 6.07 Å². The van der Waals surface area contributed by atoms with E-state index in [1.807, 2.05) is 43.4 Å². The van der Waals surface area contributed by atoms with Crippen molar-refractivity contribution in [3.05, 3.63) is 48.0 Å². The third-order valence-electron chi connectivity index (χ3n) is 3.17. The number of benzene rings is 2. The number of rotatable bonds is 4. The molecule has 0 bridgehead atoms. The molecule has 0 saturated heterocycles. The smallest absolute Gasteiger partial charge is 0.227 e. The van der Waals surface area contributed by atoms with Crippen LogP contribution in [0.1, 0.15) is 5.56 Å². The number of nitrogens with one attached hydrogen (secondary N) is 1. The zero-order valence-corrected chi connectivity index (χ0v) is 11.5. The number of aromatic nitrogens is 1. The minimum Gasteiger partial charge on any atom is -0.497 e. The fourth-order valence-electron chi connectivity index (χ4n) is 2.14. The molecule has 0 aliphatic heterocycles. The maximum atomic E-state index is 5.83. The summed E-state index contributed by atoms with van der Waals surface area (Å²) < 4.78 is 11.0. The number of oxazole rings is 1. The van der Waals surface area contributed by atoms with E-state index < -0.39 is 0 Å². The molecule has 2 aromatic carbocycles. The summed E-state index contributed by atoms with van der Waals surface area (Å²) in [6, 6.07) is 13.7. The Labute approximate surface area is 117 Å². The van der Waals surface area contributed by atoms with Gasteiger partial charge in [0, 0.05) is 12.1 Å². The van der Waals surface area contributed by atoms with Gasteiger partial charge in [0.25, 0.3) is 0 Å². The number of methoxy groups -OCH3 is 1. The van der Waals surface area contributed by atoms with Gasteiger partial charge in [-0.15, -0.1) is 0 Å². The van der Waals surface area contributed by atoms with Gasteiger partial charge in [0.15, 0.2) is 5.58 Å². The summed E-state index contributed by atoms with van der Waals surface area (Å²) in [7, 11) is 3.57. The van der Waals surface area contributed by atoms with Crippen LogP contribution < -0.4 is 10.1 Å². The molecular weight excluding hydrogens is 252 g/mol. The fraction of sp³-hybridized carbons (Fsp3) is 0.188. The summed E-state index contributed by atoms with van der Waals surface area (Å²) in [6.45, 7) is 0.814. The van der Waals surface area contributed by atoms with Crippen molar-refractivity contribution in [3.63, 3.8) is 0 Å². The highest BCUT2D eigenvalue weighted by Gasteiger charge is 2.08. The van der Waals surface area contributed by atoms with Crippen molar-refractivity contribution < 1.29 is 9.15 Å². The van der Waals surface area contributed by atoms with Gasteiger partial charge in [0.1, 0.15) is 11.3 Å². The van der Waals surface area contributed by atoms with E-state index >= 15 is 0 Å². The first-order valence-electron chi connectivity index (χ1n) is 6.48. The number of ether oxygens (including phenoxy) is 1. The van der Waals surface area contributed by atoms with Crippen LogP contribution in [-0.2, 0) is 6.54 Å². The lowest BCUT2D eigenvalue weighted by atomic mass is 10.2. The number of nitrogens with zero attached hydrogens (tertiary/aromatic N) is 1. The quantitative estimate of drug-likeness (QED) is 0.789. The Morgan fingerprint density at radius 2 is 1.95 bits per heavy atom. The molecule has 0 aliphatic rings. The van der Waals surface area contributed by atoms with Gasteiger partial charge < -0.3 is 14.5 Å². The summed E-state index contributed by atoms with van der Waals surface area (Å²) >= 11 is 0. The molecule has 0 unspecified atom stereocenters. The molecule has 0 spiro atoms. The van der Waals surface area contributed by atoms with Gasteiger partial charge in [0.05, 0.1) is 7.11 Å². The van der Waals surface area contributed by atoms with Crippen molar-refractivity contribution in [1.82, 2.24) is 10.3 Å². The molecule has 0 fully saturated rings. The Morgan fingerprint density at radius 1 is 1.15 bits per heavy atom. The van der Waals surface area contributed by atoms with E-state index in [0.29, 0.717) is 5.89 Å². The number of hydrogen-bond donors (Lipinski definition) is 1. The largest absolute Gasteiger partial charge is 0.497 e. The average Bonchev–Trinajstić information content (AvgIpc) is 2.91. The highest BCUT2D eigenvalue weighted by Crippen LogP contribution is 2.26. The molecule has 4 heteroatoms. The minimum atomic E-state index is 0.629. The van der Waals surface area contributed by atoms with Gasteiger partial charge in [-0.2, -0.15) is 0 Å². The highest BCUT2D eigenvalue weighted by atomic mass is 16.5. The normalized spacial score (nSPS) is 10.9. The number of fused-ring (bicyclic) bond motifs is 1. The SMILES string of the molecule is CNCc1ccc2nc(-c3ccc(OC)cc3)oc2c1. The van der Waals surface area contributed by atoms with E-state index in [2.05, 4.69) is 16.4 Å². The lowest BCUT2D eigenvalue weighted by molar-refractivity contribution is 0.415. The molecule has 3 aromatic rings. The van der Waals surface area contributed by atoms with E-state index in [0.717, 1.165) is 29.0 Å². The van der Waals surface area contributed by atoms with Crippen LogP contribution in [0.15, 0.2) is 46.9 Å². The molecule has 1 heterocycles. The van der Waals surface area contributed by atoms with E-state index in [4.69, 9.17) is 9.15 Å².